The maximum atomic E-state index is 13.4. The number of pyridine rings is 1. The van der Waals surface area contributed by atoms with Gasteiger partial charge in [0, 0.05) is 30.8 Å². The highest BCUT2D eigenvalue weighted by molar-refractivity contribution is 5.73. The Labute approximate surface area is 146 Å². The number of hydrogen-bond acceptors (Lipinski definition) is 4. The molecule has 0 aliphatic heterocycles. The fraction of sp³-hybridized carbons (Fsp3) is 0.625. The molecule has 10 heteroatoms. The Kier molecular flexibility index (Phi) is 4.72. The van der Waals surface area contributed by atoms with Crippen LogP contribution in [-0.2, 0) is 6.54 Å². The van der Waals surface area contributed by atoms with Crippen LogP contribution in [0.15, 0.2) is 18.3 Å². The highest BCUT2D eigenvalue weighted by Crippen LogP contribution is 2.70. The Hall–Kier alpha value is -2.10. The van der Waals surface area contributed by atoms with Crippen molar-refractivity contribution >= 4 is 6.03 Å². The fourth-order valence-corrected chi connectivity index (χ4v) is 3.54. The molecule has 1 unspecified atom stereocenters. The molecule has 1 aromatic rings. The van der Waals surface area contributed by atoms with E-state index in [1.807, 2.05) is 0 Å². The number of amides is 2. The van der Waals surface area contributed by atoms with E-state index in [2.05, 4.69) is 20.4 Å². The smallest absolute Gasteiger partial charge is 0.422 e. The van der Waals surface area contributed by atoms with Crippen molar-refractivity contribution in [3.63, 3.8) is 0 Å². The van der Waals surface area contributed by atoms with Gasteiger partial charge in [0.1, 0.15) is 5.67 Å². The molecule has 0 saturated heterocycles. The van der Waals surface area contributed by atoms with Crippen molar-refractivity contribution in [2.45, 2.75) is 43.8 Å². The summed E-state index contributed by atoms with van der Waals surface area (Å²) < 4.78 is 54.4. The van der Waals surface area contributed by atoms with Gasteiger partial charge in [-0.1, -0.05) is 0 Å². The molecule has 4 rings (SSSR count). The molecule has 2 amide bonds. The summed E-state index contributed by atoms with van der Waals surface area (Å²) in [7, 11) is 0. The molecule has 0 radical (unpaired) electrons. The van der Waals surface area contributed by atoms with Gasteiger partial charge in [-0.15, -0.1) is 0 Å². The fourth-order valence-electron chi connectivity index (χ4n) is 3.54. The molecular formula is C16H19F4N3O3. The lowest BCUT2D eigenvalue weighted by Crippen LogP contribution is -2.70. The molecule has 0 spiro atoms. The zero-order chi connectivity index (χ0) is 19.0. The molecule has 1 heterocycles. The number of aliphatic hydroxyl groups is 1. The van der Waals surface area contributed by atoms with E-state index in [9.17, 15) is 27.5 Å². The largest absolute Gasteiger partial charge is 0.468 e. The van der Waals surface area contributed by atoms with E-state index in [4.69, 9.17) is 0 Å². The number of hydrogen-bond donors (Lipinski definition) is 3. The predicted octanol–water partition coefficient (Wildman–Crippen LogP) is 2.08. The lowest BCUT2D eigenvalue weighted by molar-refractivity contribution is -0.257. The van der Waals surface area contributed by atoms with Crippen molar-refractivity contribution in [2.24, 2.45) is 5.41 Å². The van der Waals surface area contributed by atoms with Gasteiger partial charge in [0.25, 0.3) is 0 Å². The first-order valence-electron chi connectivity index (χ1n) is 8.12. The number of aromatic nitrogens is 1. The van der Waals surface area contributed by atoms with E-state index < -0.39 is 36.0 Å². The van der Waals surface area contributed by atoms with Crippen molar-refractivity contribution in [1.82, 2.24) is 15.6 Å². The van der Waals surface area contributed by atoms with Crippen LogP contribution in [0.4, 0.5) is 22.4 Å². The van der Waals surface area contributed by atoms with Gasteiger partial charge in [0.15, 0.2) is 6.61 Å². The molecule has 3 aliphatic carbocycles. The van der Waals surface area contributed by atoms with Gasteiger partial charge in [0.2, 0.25) is 5.88 Å². The van der Waals surface area contributed by atoms with Gasteiger partial charge in [0.05, 0.1) is 6.10 Å². The van der Waals surface area contributed by atoms with Gasteiger partial charge >= 0.3 is 12.2 Å². The molecule has 0 aromatic carbocycles. The zero-order valence-electron chi connectivity index (χ0n) is 13.8. The van der Waals surface area contributed by atoms with E-state index in [1.165, 1.54) is 18.3 Å². The second kappa shape index (κ2) is 6.57. The maximum Gasteiger partial charge on any atom is 0.422 e. The summed E-state index contributed by atoms with van der Waals surface area (Å²) in [4.78, 5) is 15.4. The Morgan fingerprint density at radius 2 is 2.04 bits per heavy atom. The molecule has 3 saturated carbocycles. The van der Waals surface area contributed by atoms with Gasteiger partial charge < -0.3 is 20.5 Å². The third-order valence-corrected chi connectivity index (χ3v) is 4.81. The number of nitrogens with one attached hydrogen (secondary N) is 2. The Morgan fingerprint density at radius 1 is 1.35 bits per heavy atom. The van der Waals surface area contributed by atoms with Gasteiger partial charge in [-0.2, -0.15) is 13.2 Å². The van der Waals surface area contributed by atoms with Crippen LogP contribution < -0.4 is 15.4 Å². The highest BCUT2D eigenvalue weighted by atomic mass is 19.4. The normalized spacial score (nSPS) is 27.7. The first kappa shape index (κ1) is 18.7. The van der Waals surface area contributed by atoms with E-state index in [-0.39, 0.29) is 19.0 Å². The molecule has 2 bridgehead atoms. The highest BCUT2D eigenvalue weighted by Gasteiger charge is 2.71. The number of carbonyl (C=O) groups excluding carboxylic acids is 1. The number of aliphatic hydroxyl groups excluding tert-OH is 1. The minimum Gasteiger partial charge on any atom is -0.468 e. The minimum absolute atomic E-state index is 0.0121. The van der Waals surface area contributed by atoms with Crippen LogP contribution in [0.1, 0.15) is 24.8 Å². The molecular weight excluding hydrogens is 358 g/mol. The van der Waals surface area contributed by atoms with Crippen molar-refractivity contribution in [2.75, 3.05) is 13.2 Å². The van der Waals surface area contributed by atoms with Crippen LogP contribution in [-0.4, -0.2) is 47.2 Å². The Morgan fingerprint density at radius 3 is 2.65 bits per heavy atom. The molecule has 26 heavy (non-hydrogen) atoms. The second-order valence-electron chi connectivity index (χ2n) is 7.03. The lowest BCUT2D eigenvalue weighted by atomic mass is 9.40. The van der Waals surface area contributed by atoms with Crippen LogP contribution in [0.3, 0.4) is 0 Å². The van der Waals surface area contributed by atoms with Crippen molar-refractivity contribution in [3.8, 4) is 5.88 Å². The number of halogens is 4. The average Bonchev–Trinajstić information content (AvgIpc) is 2.52. The standard InChI is InChI=1S/C16H19F4N3O3/c17-15-6-14(7-15,8-15)11(24)5-23-13(25)22-4-10-1-2-21-12(3-10)26-9-16(18,19)20/h1-3,11,24H,4-9H2,(H2,22,23,25). The van der Waals surface area contributed by atoms with Gasteiger partial charge in [-0.3, -0.25) is 0 Å². The topological polar surface area (TPSA) is 83.5 Å². The summed E-state index contributed by atoms with van der Waals surface area (Å²) in [6, 6.07) is 2.28. The van der Waals surface area contributed by atoms with Crippen LogP contribution in [0.25, 0.3) is 0 Å². The Bertz CT molecular complexity index is 663. The van der Waals surface area contributed by atoms with Crippen molar-refractivity contribution in [1.29, 1.82) is 0 Å². The van der Waals surface area contributed by atoms with Crippen LogP contribution >= 0.6 is 0 Å². The first-order valence-corrected chi connectivity index (χ1v) is 8.12. The first-order chi connectivity index (χ1) is 12.1. The van der Waals surface area contributed by atoms with Crippen LogP contribution in [0.2, 0.25) is 0 Å². The van der Waals surface area contributed by atoms with Gasteiger partial charge in [-0.25, -0.2) is 14.2 Å². The summed E-state index contributed by atoms with van der Waals surface area (Å²) in [5.41, 5.74) is -1.01. The number of ether oxygens (including phenoxy) is 1. The predicted molar refractivity (Wildman–Crippen MR) is 82.2 cm³/mol. The summed E-state index contributed by atoms with van der Waals surface area (Å²) in [6.45, 7) is -1.39. The quantitative estimate of drug-likeness (QED) is 0.636. The Balaban J connectivity index is 1.39. The number of urea groups is 1. The third kappa shape index (κ3) is 4.17. The molecule has 1 atom stereocenters. The maximum absolute atomic E-state index is 13.4. The number of alkyl halides is 4. The number of rotatable bonds is 7. The summed E-state index contributed by atoms with van der Waals surface area (Å²) in [6.07, 6.45) is -2.97. The van der Waals surface area contributed by atoms with Crippen molar-refractivity contribution in [3.05, 3.63) is 23.9 Å². The molecule has 3 fully saturated rings. The summed E-state index contributed by atoms with van der Waals surface area (Å²) in [5, 5.41) is 15.1. The summed E-state index contributed by atoms with van der Waals surface area (Å²) >= 11 is 0. The minimum atomic E-state index is -4.46. The molecule has 3 N–H and O–H groups in total. The van der Waals surface area contributed by atoms with E-state index in [0.29, 0.717) is 24.8 Å². The number of carbonyl (C=O) groups is 1. The van der Waals surface area contributed by atoms with E-state index >= 15 is 0 Å². The molecule has 3 aliphatic rings. The molecule has 1 aromatic heterocycles. The lowest BCUT2D eigenvalue weighted by Gasteiger charge is -2.67. The third-order valence-electron chi connectivity index (χ3n) is 4.81. The van der Waals surface area contributed by atoms with E-state index in [1.54, 1.807) is 0 Å². The average molecular weight is 377 g/mol. The molecule has 144 valence electrons. The van der Waals surface area contributed by atoms with Crippen molar-refractivity contribution < 1.29 is 32.2 Å². The zero-order valence-corrected chi connectivity index (χ0v) is 13.8. The number of nitrogens with zero attached hydrogens (tertiary/aromatic N) is 1. The second-order valence-corrected chi connectivity index (χ2v) is 7.03. The SMILES string of the molecule is O=C(NCc1ccnc(OCC(F)(F)F)c1)NCC(O)C12CC(F)(C1)C2. The molecule has 6 nitrogen and oxygen atoms in total. The van der Waals surface area contributed by atoms with Crippen LogP contribution in [0, 0.1) is 5.41 Å². The monoisotopic (exact) mass is 377 g/mol. The van der Waals surface area contributed by atoms with E-state index in [0.717, 1.165) is 0 Å². The van der Waals surface area contributed by atoms with Crippen LogP contribution in [0.5, 0.6) is 5.88 Å². The van der Waals surface area contributed by atoms with Gasteiger partial charge in [-0.05, 0) is 30.9 Å². The summed E-state index contributed by atoms with van der Waals surface area (Å²) in [5.74, 6) is -0.193.